The van der Waals surface area contributed by atoms with Crippen molar-refractivity contribution in [3.8, 4) is 0 Å². The summed E-state index contributed by atoms with van der Waals surface area (Å²) in [6.45, 7) is 6.40. The molecule has 2 saturated carbocycles. The first-order chi connectivity index (χ1) is 8.81. The van der Waals surface area contributed by atoms with Crippen molar-refractivity contribution in [3.05, 3.63) is 0 Å². The molecule has 3 rings (SSSR count). The van der Waals surface area contributed by atoms with E-state index < -0.39 is 0 Å². The van der Waals surface area contributed by atoms with Crippen LogP contribution < -0.4 is 5.32 Å². The summed E-state index contributed by atoms with van der Waals surface area (Å²) in [5.74, 6) is 1.87. The van der Waals surface area contributed by atoms with Crippen molar-refractivity contribution in [2.75, 3.05) is 19.6 Å². The molecule has 2 nitrogen and oxygen atoms in total. The van der Waals surface area contributed by atoms with Crippen LogP contribution in [0.5, 0.6) is 0 Å². The van der Waals surface area contributed by atoms with E-state index in [1.54, 1.807) is 0 Å². The molecule has 0 aromatic heterocycles. The average molecular weight is 250 g/mol. The summed E-state index contributed by atoms with van der Waals surface area (Å²) in [4.78, 5) is 2.78. The molecular formula is C16H30N2. The van der Waals surface area contributed by atoms with Gasteiger partial charge in [0.1, 0.15) is 0 Å². The van der Waals surface area contributed by atoms with E-state index in [2.05, 4.69) is 17.1 Å². The lowest BCUT2D eigenvalue weighted by Gasteiger charge is -2.45. The summed E-state index contributed by atoms with van der Waals surface area (Å²) in [7, 11) is 0. The summed E-state index contributed by atoms with van der Waals surface area (Å²) in [6.07, 6.45) is 11.7. The molecule has 2 atom stereocenters. The average Bonchev–Trinajstić information content (AvgIpc) is 2.76. The predicted molar refractivity (Wildman–Crippen MR) is 76.7 cm³/mol. The Labute approximate surface area is 113 Å². The molecule has 0 amide bonds. The molecule has 2 aliphatic carbocycles. The Kier molecular flexibility index (Phi) is 4.25. The molecule has 0 aromatic rings. The van der Waals surface area contributed by atoms with Crippen molar-refractivity contribution in [2.45, 2.75) is 70.4 Å². The number of rotatable bonds is 4. The van der Waals surface area contributed by atoms with Gasteiger partial charge in [-0.3, -0.25) is 4.90 Å². The quantitative estimate of drug-likeness (QED) is 0.825. The molecule has 3 aliphatic rings. The topological polar surface area (TPSA) is 15.3 Å². The van der Waals surface area contributed by atoms with Crippen molar-refractivity contribution in [2.24, 2.45) is 11.8 Å². The van der Waals surface area contributed by atoms with E-state index in [0.29, 0.717) is 0 Å². The smallest absolute Gasteiger partial charge is 0.0198 e. The van der Waals surface area contributed by atoms with Gasteiger partial charge in [-0.1, -0.05) is 26.2 Å². The Morgan fingerprint density at radius 1 is 1.00 bits per heavy atom. The molecule has 0 bridgehead atoms. The molecule has 2 unspecified atom stereocenters. The zero-order valence-electron chi connectivity index (χ0n) is 12.0. The monoisotopic (exact) mass is 250 g/mol. The zero-order valence-corrected chi connectivity index (χ0v) is 12.0. The summed E-state index contributed by atoms with van der Waals surface area (Å²) in [6, 6.07) is 1.71. The van der Waals surface area contributed by atoms with E-state index in [4.69, 9.17) is 0 Å². The number of hydrogen-bond acceptors (Lipinski definition) is 2. The molecule has 0 radical (unpaired) electrons. The van der Waals surface area contributed by atoms with Gasteiger partial charge < -0.3 is 5.32 Å². The number of hydrogen-bond donors (Lipinski definition) is 1. The fourth-order valence-electron chi connectivity index (χ4n) is 4.14. The zero-order chi connectivity index (χ0) is 12.4. The summed E-state index contributed by atoms with van der Waals surface area (Å²) < 4.78 is 0. The Morgan fingerprint density at radius 3 is 2.44 bits per heavy atom. The van der Waals surface area contributed by atoms with E-state index in [9.17, 15) is 0 Å². The first-order valence-electron chi connectivity index (χ1n) is 8.28. The van der Waals surface area contributed by atoms with Crippen LogP contribution in [0.2, 0.25) is 0 Å². The number of nitrogens with zero attached hydrogens (tertiary/aromatic N) is 1. The molecule has 1 N–H and O–H groups in total. The molecule has 2 heteroatoms. The van der Waals surface area contributed by atoms with Crippen LogP contribution in [0.4, 0.5) is 0 Å². The largest absolute Gasteiger partial charge is 0.312 e. The van der Waals surface area contributed by atoms with Crippen LogP contribution in [-0.4, -0.2) is 36.6 Å². The number of piperidine rings is 1. The van der Waals surface area contributed by atoms with Gasteiger partial charge >= 0.3 is 0 Å². The van der Waals surface area contributed by atoms with E-state index >= 15 is 0 Å². The van der Waals surface area contributed by atoms with Crippen molar-refractivity contribution in [1.82, 2.24) is 10.2 Å². The van der Waals surface area contributed by atoms with Crippen LogP contribution >= 0.6 is 0 Å². The Bertz CT molecular complexity index is 256. The molecule has 18 heavy (non-hydrogen) atoms. The van der Waals surface area contributed by atoms with Gasteiger partial charge in [0.05, 0.1) is 0 Å². The van der Waals surface area contributed by atoms with E-state index in [0.717, 1.165) is 23.9 Å². The Balaban J connectivity index is 1.45. The van der Waals surface area contributed by atoms with Crippen LogP contribution in [0.25, 0.3) is 0 Å². The number of nitrogens with one attached hydrogen (secondary N) is 1. The second-order valence-corrected chi connectivity index (χ2v) is 7.14. The standard InChI is InChI=1S/C16H30N2/c1-13-9-15(17-10-14-5-2-3-6-14)12-18(11-13)16-7-4-8-16/h13-17H,2-12H2,1H3. The van der Waals surface area contributed by atoms with Gasteiger partial charge in [-0.25, -0.2) is 0 Å². The molecule has 1 aliphatic heterocycles. The molecule has 0 aromatic carbocycles. The normalized spacial score (nSPS) is 35.8. The molecule has 104 valence electrons. The molecule has 1 saturated heterocycles. The fraction of sp³-hybridized carbons (Fsp3) is 1.00. The lowest BCUT2D eigenvalue weighted by atomic mass is 9.87. The highest BCUT2D eigenvalue weighted by atomic mass is 15.2. The summed E-state index contributed by atoms with van der Waals surface area (Å²) >= 11 is 0. The van der Waals surface area contributed by atoms with E-state index in [-0.39, 0.29) is 0 Å². The van der Waals surface area contributed by atoms with Gasteiger partial charge in [-0.15, -0.1) is 0 Å². The highest BCUT2D eigenvalue weighted by molar-refractivity contribution is 4.89. The van der Waals surface area contributed by atoms with Gasteiger partial charge in [0, 0.05) is 25.2 Å². The first kappa shape index (κ1) is 12.9. The van der Waals surface area contributed by atoms with E-state index in [1.807, 2.05) is 0 Å². The maximum absolute atomic E-state index is 3.89. The third-order valence-corrected chi connectivity index (χ3v) is 5.45. The van der Waals surface area contributed by atoms with Crippen LogP contribution in [0, 0.1) is 11.8 Å². The highest BCUT2D eigenvalue weighted by Gasteiger charge is 2.32. The minimum Gasteiger partial charge on any atom is -0.312 e. The summed E-state index contributed by atoms with van der Waals surface area (Å²) in [5.41, 5.74) is 0. The van der Waals surface area contributed by atoms with E-state index in [1.165, 1.54) is 71.0 Å². The van der Waals surface area contributed by atoms with Crippen LogP contribution in [0.15, 0.2) is 0 Å². The van der Waals surface area contributed by atoms with Gasteiger partial charge in [-0.05, 0) is 50.5 Å². The lowest BCUT2D eigenvalue weighted by molar-refractivity contribution is 0.0625. The SMILES string of the molecule is CC1CC(NCC2CCCC2)CN(C2CCC2)C1. The number of likely N-dealkylation sites (tertiary alicyclic amines) is 1. The van der Waals surface area contributed by atoms with Crippen molar-refractivity contribution in [1.29, 1.82) is 0 Å². The maximum Gasteiger partial charge on any atom is 0.0198 e. The van der Waals surface area contributed by atoms with Crippen molar-refractivity contribution in [3.63, 3.8) is 0 Å². The lowest BCUT2D eigenvalue weighted by Crippen LogP contribution is -2.54. The van der Waals surface area contributed by atoms with Gasteiger partial charge in [0.25, 0.3) is 0 Å². The summed E-state index contributed by atoms with van der Waals surface area (Å²) in [5, 5.41) is 3.89. The van der Waals surface area contributed by atoms with Crippen molar-refractivity contribution < 1.29 is 0 Å². The second kappa shape index (κ2) is 5.92. The first-order valence-corrected chi connectivity index (χ1v) is 8.28. The second-order valence-electron chi connectivity index (χ2n) is 7.14. The third-order valence-electron chi connectivity index (χ3n) is 5.45. The molecule has 0 spiro atoms. The van der Waals surface area contributed by atoms with Crippen LogP contribution in [-0.2, 0) is 0 Å². The third kappa shape index (κ3) is 3.08. The van der Waals surface area contributed by atoms with Crippen molar-refractivity contribution >= 4 is 0 Å². The molecular weight excluding hydrogens is 220 g/mol. The van der Waals surface area contributed by atoms with Gasteiger partial charge in [-0.2, -0.15) is 0 Å². The Morgan fingerprint density at radius 2 is 1.78 bits per heavy atom. The van der Waals surface area contributed by atoms with Gasteiger partial charge in [0.15, 0.2) is 0 Å². The van der Waals surface area contributed by atoms with Crippen LogP contribution in [0.1, 0.15) is 58.3 Å². The van der Waals surface area contributed by atoms with Gasteiger partial charge in [0.2, 0.25) is 0 Å². The minimum atomic E-state index is 0.773. The minimum absolute atomic E-state index is 0.773. The fourth-order valence-corrected chi connectivity index (χ4v) is 4.14. The Hall–Kier alpha value is -0.0800. The maximum atomic E-state index is 3.89. The van der Waals surface area contributed by atoms with Crippen LogP contribution in [0.3, 0.4) is 0 Å². The highest BCUT2D eigenvalue weighted by Crippen LogP contribution is 2.29. The predicted octanol–water partition coefficient (Wildman–Crippen LogP) is 3.03. The molecule has 3 fully saturated rings. The molecule has 1 heterocycles.